The number of hydrogen-bond acceptors (Lipinski definition) is 4. The highest BCUT2D eigenvalue weighted by Crippen LogP contribution is 2.26. The minimum Gasteiger partial charge on any atom is -0.285 e. The zero-order chi connectivity index (χ0) is 18.1. The predicted octanol–water partition coefficient (Wildman–Crippen LogP) is 4.28. The first-order valence-corrected chi connectivity index (χ1v) is 9.49. The Labute approximate surface area is 160 Å². The van der Waals surface area contributed by atoms with Gasteiger partial charge in [-0.2, -0.15) is 9.61 Å². The van der Waals surface area contributed by atoms with Crippen molar-refractivity contribution in [1.82, 2.24) is 19.6 Å². The number of rotatable bonds is 4. The summed E-state index contributed by atoms with van der Waals surface area (Å²) >= 11 is 4.75. The van der Waals surface area contributed by atoms with Gasteiger partial charge in [-0.3, -0.25) is 4.98 Å². The third-order valence-corrected chi connectivity index (χ3v) is 5.25. The number of fused-ring (bicyclic) bond motifs is 1. The minimum absolute atomic E-state index is 0.284. The standard InChI is InChI=1S/C18H12BrFN4OS/c19-13-6-4-12(5-7-13)15-9-21-24-16(15)22-17(23-18(24)25)26-10-11-2-1-3-14(20)8-11/h1-9H,10H2,(H,22,23,25). The van der Waals surface area contributed by atoms with Crippen molar-refractivity contribution in [3.05, 3.63) is 81.1 Å². The molecule has 4 rings (SSSR count). The number of benzene rings is 2. The average Bonchev–Trinajstić information content (AvgIpc) is 3.05. The van der Waals surface area contributed by atoms with Crippen LogP contribution in [0.4, 0.5) is 4.39 Å². The molecule has 8 heteroatoms. The molecule has 0 fully saturated rings. The molecule has 0 amide bonds. The fourth-order valence-corrected chi connectivity index (χ4v) is 3.60. The summed E-state index contributed by atoms with van der Waals surface area (Å²) in [4.78, 5) is 19.5. The molecule has 4 aromatic rings. The second-order valence-electron chi connectivity index (χ2n) is 5.57. The first kappa shape index (κ1) is 17.0. The van der Waals surface area contributed by atoms with Gasteiger partial charge in [-0.15, -0.1) is 0 Å². The molecular weight excluding hydrogens is 419 g/mol. The van der Waals surface area contributed by atoms with Gasteiger partial charge in [0.05, 0.1) is 6.20 Å². The number of thioether (sulfide) groups is 1. The van der Waals surface area contributed by atoms with Crippen LogP contribution in [0.5, 0.6) is 0 Å². The van der Waals surface area contributed by atoms with Crippen LogP contribution >= 0.6 is 27.7 Å². The molecule has 0 aliphatic heterocycles. The Morgan fingerprint density at radius 3 is 2.77 bits per heavy atom. The van der Waals surface area contributed by atoms with Gasteiger partial charge in [-0.05, 0) is 35.4 Å². The van der Waals surface area contributed by atoms with Gasteiger partial charge in [0.2, 0.25) is 0 Å². The zero-order valence-electron chi connectivity index (χ0n) is 13.3. The lowest BCUT2D eigenvalue weighted by Crippen LogP contribution is -2.19. The molecule has 0 aliphatic rings. The van der Waals surface area contributed by atoms with Crippen LogP contribution in [0.15, 0.2) is 69.2 Å². The van der Waals surface area contributed by atoms with Gasteiger partial charge in [-0.1, -0.05) is 52.0 Å². The molecule has 0 spiro atoms. The quantitative estimate of drug-likeness (QED) is 0.490. The van der Waals surface area contributed by atoms with E-state index in [1.807, 2.05) is 30.3 Å². The maximum Gasteiger partial charge on any atom is 0.350 e. The van der Waals surface area contributed by atoms with Crippen LogP contribution in [0.1, 0.15) is 5.56 Å². The average molecular weight is 431 g/mol. The second-order valence-corrected chi connectivity index (χ2v) is 7.45. The predicted molar refractivity (Wildman–Crippen MR) is 103 cm³/mol. The molecule has 0 aliphatic carbocycles. The summed E-state index contributed by atoms with van der Waals surface area (Å²) in [5.74, 6) is 0.215. The largest absolute Gasteiger partial charge is 0.350 e. The molecule has 0 bridgehead atoms. The van der Waals surface area contributed by atoms with E-state index in [1.54, 1.807) is 12.3 Å². The first-order valence-electron chi connectivity index (χ1n) is 7.71. The lowest BCUT2D eigenvalue weighted by Gasteiger charge is -2.04. The van der Waals surface area contributed by atoms with Gasteiger partial charge in [0.1, 0.15) is 5.82 Å². The van der Waals surface area contributed by atoms with Crippen LogP contribution in [0.3, 0.4) is 0 Å². The summed E-state index contributed by atoms with van der Waals surface area (Å²) in [5.41, 5.74) is 2.63. The highest BCUT2D eigenvalue weighted by atomic mass is 79.9. The fraction of sp³-hybridized carbons (Fsp3) is 0.0556. The number of H-pyrrole nitrogens is 1. The van der Waals surface area contributed by atoms with Crippen molar-refractivity contribution in [3.8, 4) is 11.1 Å². The zero-order valence-corrected chi connectivity index (χ0v) is 15.7. The lowest BCUT2D eigenvalue weighted by atomic mass is 10.1. The Bertz CT molecular complexity index is 1140. The summed E-state index contributed by atoms with van der Waals surface area (Å²) in [6.45, 7) is 0. The van der Waals surface area contributed by atoms with Crippen LogP contribution in [-0.4, -0.2) is 19.6 Å². The van der Waals surface area contributed by atoms with E-state index >= 15 is 0 Å². The normalized spacial score (nSPS) is 11.2. The maximum absolute atomic E-state index is 13.3. The lowest BCUT2D eigenvalue weighted by molar-refractivity contribution is 0.626. The number of nitrogens with one attached hydrogen (secondary N) is 1. The fourth-order valence-electron chi connectivity index (χ4n) is 2.55. The summed E-state index contributed by atoms with van der Waals surface area (Å²) in [6.07, 6.45) is 1.63. The molecule has 1 N–H and O–H groups in total. The summed E-state index contributed by atoms with van der Waals surface area (Å²) in [7, 11) is 0. The van der Waals surface area contributed by atoms with Gasteiger partial charge < -0.3 is 0 Å². The van der Waals surface area contributed by atoms with E-state index < -0.39 is 0 Å². The molecule has 2 heterocycles. The molecule has 0 saturated carbocycles. The molecule has 2 aromatic carbocycles. The van der Waals surface area contributed by atoms with Crippen molar-refractivity contribution in [2.45, 2.75) is 10.9 Å². The van der Waals surface area contributed by atoms with Crippen LogP contribution in [-0.2, 0) is 5.75 Å². The van der Waals surface area contributed by atoms with E-state index in [9.17, 15) is 9.18 Å². The van der Waals surface area contributed by atoms with Gasteiger partial charge in [-0.25, -0.2) is 14.2 Å². The second kappa shape index (κ2) is 7.05. The van der Waals surface area contributed by atoms with E-state index in [0.717, 1.165) is 21.2 Å². The monoisotopic (exact) mass is 430 g/mol. The van der Waals surface area contributed by atoms with Crippen molar-refractivity contribution >= 4 is 33.3 Å². The van der Waals surface area contributed by atoms with Gasteiger partial charge in [0, 0.05) is 15.8 Å². The SMILES string of the molecule is O=c1[nH]c(SCc2cccc(F)c2)nc2c(-c3ccc(Br)cc3)cnn12. The van der Waals surface area contributed by atoms with Crippen LogP contribution in [0.2, 0.25) is 0 Å². The van der Waals surface area contributed by atoms with Gasteiger partial charge in [0.25, 0.3) is 0 Å². The van der Waals surface area contributed by atoms with Crippen molar-refractivity contribution in [1.29, 1.82) is 0 Å². The van der Waals surface area contributed by atoms with E-state index in [2.05, 4.69) is 31.0 Å². The van der Waals surface area contributed by atoms with Crippen molar-refractivity contribution in [3.63, 3.8) is 0 Å². The Morgan fingerprint density at radius 2 is 2.00 bits per heavy atom. The van der Waals surface area contributed by atoms with E-state index in [-0.39, 0.29) is 11.5 Å². The third kappa shape index (κ3) is 3.42. The molecule has 0 unspecified atom stereocenters. The Kier molecular flexibility index (Phi) is 4.60. The molecule has 0 atom stereocenters. The Morgan fingerprint density at radius 1 is 1.19 bits per heavy atom. The van der Waals surface area contributed by atoms with Crippen molar-refractivity contribution < 1.29 is 4.39 Å². The number of aromatic amines is 1. The van der Waals surface area contributed by atoms with Crippen molar-refractivity contribution in [2.75, 3.05) is 0 Å². The number of aromatic nitrogens is 4. The molecule has 0 saturated heterocycles. The van der Waals surface area contributed by atoms with E-state index in [4.69, 9.17) is 0 Å². The summed E-state index contributed by atoms with van der Waals surface area (Å²) in [6, 6.07) is 14.1. The Balaban J connectivity index is 1.69. The number of nitrogens with zero attached hydrogens (tertiary/aromatic N) is 3. The molecule has 0 radical (unpaired) electrons. The van der Waals surface area contributed by atoms with E-state index in [0.29, 0.717) is 16.6 Å². The molecule has 130 valence electrons. The number of halogens is 2. The highest BCUT2D eigenvalue weighted by molar-refractivity contribution is 9.10. The van der Waals surface area contributed by atoms with Crippen LogP contribution in [0.25, 0.3) is 16.8 Å². The van der Waals surface area contributed by atoms with Crippen molar-refractivity contribution in [2.24, 2.45) is 0 Å². The first-order chi connectivity index (χ1) is 12.6. The number of hydrogen-bond donors (Lipinski definition) is 1. The van der Waals surface area contributed by atoms with Gasteiger partial charge >= 0.3 is 5.69 Å². The van der Waals surface area contributed by atoms with Crippen LogP contribution in [0, 0.1) is 5.82 Å². The molecular formula is C18H12BrFN4OS. The highest BCUT2D eigenvalue weighted by Gasteiger charge is 2.12. The molecule has 5 nitrogen and oxygen atoms in total. The Hall–Kier alpha value is -2.45. The molecule has 26 heavy (non-hydrogen) atoms. The maximum atomic E-state index is 13.3. The van der Waals surface area contributed by atoms with Gasteiger partial charge in [0.15, 0.2) is 10.8 Å². The third-order valence-electron chi connectivity index (χ3n) is 3.78. The summed E-state index contributed by atoms with van der Waals surface area (Å²) in [5, 5.41) is 4.59. The van der Waals surface area contributed by atoms with Crippen LogP contribution < -0.4 is 5.69 Å². The topological polar surface area (TPSA) is 63.0 Å². The van der Waals surface area contributed by atoms with E-state index in [1.165, 1.54) is 28.4 Å². The summed E-state index contributed by atoms with van der Waals surface area (Å²) < 4.78 is 15.5. The smallest absolute Gasteiger partial charge is 0.285 e. The molecule has 2 aromatic heterocycles. The minimum atomic E-state index is -0.361.